The van der Waals surface area contributed by atoms with Crippen molar-refractivity contribution in [3.63, 3.8) is 0 Å². The Balaban J connectivity index is 4.13. The van der Waals surface area contributed by atoms with Crippen molar-refractivity contribution >= 4 is 30.9 Å². The molecule has 0 saturated heterocycles. The molecule has 1 atom stereocenters. The van der Waals surface area contributed by atoms with Crippen molar-refractivity contribution in [3.05, 3.63) is 10.2 Å². The molecule has 0 rings (SSSR count). The molecule has 0 fully saturated rings. The van der Waals surface area contributed by atoms with E-state index in [0.717, 1.165) is 6.42 Å². The standard InChI is InChI=1S/C14H29IOSi/c1-6-7-8-9-10-11-14(2,12-13-15)16-17(3,4)5/h12-13H,6-11H2,1-5H3. The van der Waals surface area contributed by atoms with Gasteiger partial charge in [0.15, 0.2) is 8.32 Å². The van der Waals surface area contributed by atoms with E-state index in [1.807, 2.05) is 0 Å². The van der Waals surface area contributed by atoms with Crippen LogP contribution in [0.15, 0.2) is 10.2 Å². The molecule has 17 heavy (non-hydrogen) atoms. The summed E-state index contributed by atoms with van der Waals surface area (Å²) in [6.45, 7) is 11.3. The Morgan fingerprint density at radius 3 is 2.18 bits per heavy atom. The average Bonchev–Trinajstić information content (AvgIpc) is 2.14. The van der Waals surface area contributed by atoms with Crippen molar-refractivity contribution in [2.24, 2.45) is 0 Å². The summed E-state index contributed by atoms with van der Waals surface area (Å²) in [5.74, 6) is 0. The van der Waals surface area contributed by atoms with Gasteiger partial charge >= 0.3 is 0 Å². The largest absolute Gasteiger partial charge is 0.409 e. The van der Waals surface area contributed by atoms with E-state index in [4.69, 9.17) is 4.43 Å². The lowest BCUT2D eigenvalue weighted by Crippen LogP contribution is -2.39. The summed E-state index contributed by atoms with van der Waals surface area (Å²) in [7, 11) is -1.46. The maximum atomic E-state index is 6.32. The minimum absolute atomic E-state index is 0.0438. The first-order valence-corrected chi connectivity index (χ1v) is 11.5. The molecule has 0 bridgehead atoms. The van der Waals surface area contributed by atoms with E-state index in [9.17, 15) is 0 Å². The highest BCUT2D eigenvalue weighted by Crippen LogP contribution is 2.26. The SMILES string of the molecule is CCCCCCCC(C)(C=CI)O[Si](C)(C)C. The third-order valence-electron chi connectivity index (χ3n) is 2.73. The van der Waals surface area contributed by atoms with Gasteiger partial charge in [0.2, 0.25) is 0 Å². The summed E-state index contributed by atoms with van der Waals surface area (Å²) >= 11 is 2.29. The lowest BCUT2D eigenvalue weighted by molar-refractivity contribution is 0.119. The normalized spacial score (nSPS) is 16.4. The predicted octanol–water partition coefficient (Wildman–Crippen LogP) is 5.91. The van der Waals surface area contributed by atoms with Crippen LogP contribution in [0, 0.1) is 0 Å². The van der Waals surface area contributed by atoms with Crippen molar-refractivity contribution in [2.45, 2.75) is 77.6 Å². The van der Waals surface area contributed by atoms with E-state index < -0.39 is 8.32 Å². The number of hydrogen-bond donors (Lipinski definition) is 0. The second kappa shape index (κ2) is 8.70. The Bertz CT molecular complexity index is 223. The molecule has 0 aliphatic heterocycles. The highest BCUT2D eigenvalue weighted by atomic mass is 127. The Morgan fingerprint density at radius 2 is 1.71 bits per heavy atom. The second-order valence-electron chi connectivity index (χ2n) is 5.98. The van der Waals surface area contributed by atoms with Crippen molar-refractivity contribution in [2.75, 3.05) is 0 Å². The van der Waals surface area contributed by atoms with Gasteiger partial charge in [-0.05, 0) is 43.1 Å². The second-order valence-corrected chi connectivity index (χ2v) is 11.1. The molecule has 0 amide bonds. The quantitative estimate of drug-likeness (QED) is 0.279. The van der Waals surface area contributed by atoms with Crippen LogP contribution in [-0.4, -0.2) is 13.9 Å². The molecule has 0 aromatic heterocycles. The zero-order valence-electron chi connectivity index (χ0n) is 12.2. The average molecular weight is 368 g/mol. The molecule has 0 radical (unpaired) electrons. The van der Waals surface area contributed by atoms with E-state index in [-0.39, 0.29) is 5.60 Å². The minimum atomic E-state index is -1.46. The maximum Gasteiger partial charge on any atom is 0.184 e. The van der Waals surface area contributed by atoms with Gasteiger partial charge in [0.25, 0.3) is 0 Å². The van der Waals surface area contributed by atoms with Crippen molar-refractivity contribution in [1.82, 2.24) is 0 Å². The molecule has 0 saturated carbocycles. The van der Waals surface area contributed by atoms with Crippen LogP contribution >= 0.6 is 22.6 Å². The third-order valence-corrected chi connectivity index (χ3v) is 4.17. The van der Waals surface area contributed by atoms with Gasteiger partial charge in [-0.1, -0.05) is 61.6 Å². The first kappa shape index (κ1) is 17.6. The molecular formula is C14H29IOSi. The van der Waals surface area contributed by atoms with Crippen LogP contribution in [0.2, 0.25) is 19.6 Å². The van der Waals surface area contributed by atoms with Crippen LogP contribution < -0.4 is 0 Å². The molecule has 0 spiro atoms. The zero-order valence-corrected chi connectivity index (χ0v) is 15.3. The van der Waals surface area contributed by atoms with Gasteiger partial charge in [0, 0.05) is 0 Å². The van der Waals surface area contributed by atoms with E-state index in [2.05, 4.69) is 66.2 Å². The summed E-state index contributed by atoms with van der Waals surface area (Å²) in [6, 6.07) is 0. The lowest BCUT2D eigenvalue weighted by atomic mass is 9.98. The van der Waals surface area contributed by atoms with Crippen LogP contribution in [0.4, 0.5) is 0 Å². The number of unbranched alkanes of at least 4 members (excludes halogenated alkanes) is 4. The molecule has 1 nitrogen and oxygen atoms in total. The zero-order chi connectivity index (χ0) is 13.4. The van der Waals surface area contributed by atoms with E-state index in [1.54, 1.807) is 0 Å². The van der Waals surface area contributed by atoms with Crippen molar-refractivity contribution < 1.29 is 4.43 Å². The fourth-order valence-corrected chi connectivity index (χ4v) is 4.41. The van der Waals surface area contributed by atoms with Gasteiger partial charge in [-0.2, -0.15) is 0 Å². The topological polar surface area (TPSA) is 9.23 Å². The minimum Gasteiger partial charge on any atom is -0.409 e. The van der Waals surface area contributed by atoms with Gasteiger partial charge in [-0.3, -0.25) is 0 Å². The van der Waals surface area contributed by atoms with Crippen molar-refractivity contribution in [1.29, 1.82) is 0 Å². The lowest BCUT2D eigenvalue weighted by Gasteiger charge is -2.34. The molecule has 102 valence electrons. The molecule has 0 heterocycles. The molecule has 0 aliphatic carbocycles. The molecule has 0 aliphatic rings. The van der Waals surface area contributed by atoms with Gasteiger partial charge in [-0.15, -0.1) is 0 Å². The maximum absolute atomic E-state index is 6.32. The van der Waals surface area contributed by atoms with Crippen molar-refractivity contribution in [3.8, 4) is 0 Å². The molecular weight excluding hydrogens is 339 g/mol. The van der Waals surface area contributed by atoms with Crippen LogP contribution in [0.5, 0.6) is 0 Å². The van der Waals surface area contributed by atoms with E-state index in [0.29, 0.717) is 0 Å². The summed E-state index contributed by atoms with van der Waals surface area (Å²) in [6.07, 6.45) is 10.1. The van der Waals surface area contributed by atoms with Gasteiger partial charge in [0.05, 0.1) is 5.60 Å². The summed E-state index contributed by atoms with van der Waals surface area (Å²) in [5.41, 5.74) is -0.0438. The van der Waals surface area contributed by atoms with E-state index >= 15 is 0 Å². The summed E-state index contributed by atoms with van der Waals surface area (Å²) in [5, 5.41) is 0. The molecule has 0 aromatic rings. The predicted molar refractivity (Wildman–Crippen MR) is 89.4 cm³/mol. The molecule has 3 heteroatoms. The number of hydrogen-bond acceptors (Lipinski definition) is 1. The fourth-order valence-electron chi connectivity index (χ4n) is 2.08. The van der Waals surface area contributed by atoms with Gasteiger partial charge in [0.1, 0.15) is 0 Å². The monoisotopic (exact) mass is 368 g/mol. The first-order valence-electron chi connectivity index (χ1n) is 6.81. The Morgan fingerprint density at radius 1 is 1.12 bits per heavy atom. The Hall–Kier alpha value is 0.647. The smallest absolute Gasteiger partial charge is 0.184 e. The fraction of sp³-hybridized carbons (Fsp3) is 0.857. The molecule has 0 aromatic carbocycles. The van der Waals surface area contributed by atoms with Gasteiger partial charge in [-0.25, -0.2) is 0 Å². The van der Waals surface area contributed by atoms with Crippen LogP contribution in [0.1, 0.15) is 52.4 Å². The van der Waals surface area contributed by atoms with Gasteiger partial charge < -0.3 is 4.43 Å². The first-order chi connectivity index (χ1) is 7.83. The Labute approximate surface area is 123 Å². The van der Waals surface area contributed by atoms with Crippen LogP contribution in [0.3, 0.4) is 0 Å². The van der Waals surface area contributed by atoms with E-state index in [1.165, 1.54) is 32.1 Å². The highest BCUT2D eigenvalue weighted by Gasteiger charge is 2.28. The summed E-state index contributed by atoms with van der Waals surface area (Å²) < 4.78 is 8.42. The number of halogens is 1. The Kier molecular flexibility index (Phi) is 9.03. The van der Waals surface area contributed by atoms with Crippen LogP contribution in [0.25, 0.3) is 0 Å². The third kappa shape index (κ3) is 10.3. The van der Waals surface area contributed by atoms with Crippen LogP contribution in [-0.2, 0) is 4.43 Å². The molecule has 0 N–H and O–H groups in total. The molecule has 1 unspecified atom stereocenters. The summed E-state index contributed by atoms with van der Waals surface area (Å²) in [4.78, 5) is 0. The number of rotatable bonds is 9. The highest BCUT2D eigenvalue weighted by molar-refractivity contribution is 14.1.